The number of piperidine rings is 3. The second-order valence-corrected chi connectivity index (χ2v) is 10.6. The molecule has 2 aromatic rings. The molecule has 2 unspecified atom stereocenters. The van der Waals surface area contributed by atoms with Crippen molar-refractivity contribution < 1.29 is 4.74 Å². The Morgan fingerprint density at radius 3 is 2.57 bits per heavy atom. The van der Waals surface area contributed by atoms with E-state index in [1.165, 1.54) is 45.2 Å². The Labute approximate surface area is 222 Å². The van der Waals surface area contributed by atoms with Crippen LogP contribution in [-0.2, 0) is 4.43 Å². The minimum atomic E-state index is 0.385. The summed E-state index contributed by atoms with van der Waals surface area (Å²) >= 11 is 2.36. The van der Waals surface area contributed by atoms with E-state index in [-0.39, 0.29) is 0 Å². The highest BCUT2D eigenvalue weighted by Crippen LogP contribution is 2.30. The SMILES string of the molecule is CCC1CCCN1CNc1nc(Nc2ccc(OC)c(CI)c2)nc(NC2CN3CCC2CC3)n1. The number of methoxy groups -OCH3 is 1. The van der Waals surface area contributed by atoms with Gasteiger partial charge in [0, 0.05) is 40.9 Å². The zero-order chi connectivity index (χ0) is 24.2. The summed E-state index contributed by atoms with van der Waals surface area (Å²) in [6, 6.07) is 7.11. The van der Waals surface area contributed by atoms with Gasteiger partial charge in [-0.05, 0) is 69.3 Å². The third-order valence-corrected chi connectivity index (χ3v) is 8.52. The fourth-order valence-corrected chi connectivity index (χ4v) is 6.29. The molecule has 1 aromatic heterocycles. The number of nitrogens with zero attached hydrogens (tertiary/aromatic N) is 5. The smallest absolute Gasteiger partial charge is 0.233 e. The van der Waals surface area contributed by atoms with Crippen LogP contribution in [0.4, 0.5) is 23.5 Å². The Balaban J connectivity index is 1.36. The van der Waals surface area contributed by atoms with Crippen molar-refractivity contribution in [2.45, 2.75) is 55.5 Å². The lowest BCUT2D eigenvalue weighted by atomic mass is 9.84. The Kier molecular flexibility index (Phi) is 8.08. The van der Waals surface area contributed by atoms with Gasteiger partial charge in [0.15, 0.2) is 0 Å². The molecule has 9 nitrogen and oxygen atoms in total. The number of hydrogen-bond acceptors (Lipinski definition) is 9. The van der Waals surface area contributed by atoms with E-state index in [1.54, 1.807) is 7.11 Å². The lowest BCUT2D eigenvalue weighted by Gasteiger charge is -2.44. The molecule has 3 N–H and O–H groups in total. The van der Waals surface area contributed by atoms with Crippen molar-refractivity contribution in [2.24, 2.45) is 5.92 Å². The number of ether oxygens (including phenoxy) is 1. The number of rotatable bonds is 10. The summed E-state index contributed by atoms with van der Waals surface area (Å²) in [6.07, 6.45) is 6.20. The third-order valence-electron chi connectivity index (χ3n) is 7.70. The number of fused-ring (bicyclic) bond motifs is 3. The van der Waals surface area contributed by atoms with Crippen molar-refractivity contribution >= 4 is 46.1 Å². The quantitative estimate of drug-likeness (QED) is 0.276. The first kappa shape index (κ1) is 24.8. The predicted molar refractivity (Wildman–Crippen MR) is 149 cm³/mol. The zero-order valence-electron chi connectivity index (χ0n) is 20.8. The highest BCUT2D eigenvalue weighted by molar-refractivity contribution is 14.1. The second kappa shape index (κ2) is 11.4. The van der Waals surface area contributed by atoms with Gasteiger partial charge in [0.25, 0.3) is 0 Å². The standard InChI is InChI=1S/C25H37IN8O/c1-3-20-5-4-10-34(20)16-27-23-30-24(28-19-6-7-22(35-2)18(13-19)14-26)32-25(31-23)29-21-15-33-11-8-17(21)9-12-33/h6-7,13,17,20-21H,3-5,8-12,14-16H2,1-2H3,(H3,27,28,29,30,31,32). The van der Waals surface area contributed by atoms with Crippen molar-refractivity contribution in [1.82, 2.24) is 24.8 Å². The van der Waals surface area contributed by atoms with Crippen molar-refractivity contribution in [3.63, 3.8) is 0 Å². The van der Waals surface area contributed by atoms with Crippen LogP contribution in [0.1, 0.15) is 44.6 Å². The number of aromatic nitrogens is 3. The maximum Gasteiger partial charge on any atom is 0.233 e. The molecular weight excluding hydrogens is 555 g/mol. The van der Waals surface area contributed by atoms with Crippen LogP contribution >= 0.6 is 22.6 Å². The second-order valence-electron chi connectivity index (χ2n) is 9.83. The topological polar surface area (TPSA) is 90.5 Å². The van der Waals surface area contributed by atoms with Gasteiger partial charge in [-0.15, -0.1) is 0 Å². The van der Waals surface area contributed by atoms with Gasteiger partial charge in [-0.2, -0.15) is 15.0 Å². The molecular formula is C25H37IN8O. The molecule has 190 valence electrons. The van der Waals surface area contributed by atoms with Gasteiger partial charge in [0.2, 0.25) is 17.8 Å². The van der Waals surface area contributed by atoms with Crippen LogP contribution in [0.15, 0.2) is 18.2 Å². The van der Waals surface area contributed by atoms with Crippen LogP contribution in [0.2, 0.25) is 0 Å². The van der Waals surface area contributed by atoms with Gasteiger partial charge in [-0.1, -0.05) is 29.5 Å². The molecule has 6 rings (SSSR count). The zero-order valence-corrected chi connectivity index (χ0v) is 22.9. The number of hydrogen-bond donors (Lipinski definition) is 3. The molecule has 0 spiro atoms. The summed E-state index contributed by atoms with van der Waals surface area (Å²) in [5.74, 6) is 3.37. The highest BCUT2D eigenvalue weighted by Gasteiger charge is 2.34. The molecule has 35 heavy (non-hydrogen) atoms. The molecule has 2 bridgehead atoms. The molecule has 5 heterocycles. The monoisotopic (exact) mass is 592 g/mol. The van der Waals surface area contributed by atoms with Crippen LogP contribution in [-0.4, -0.2) is 76.8 Å². The number of alkyl halides is 1. The minimum Gasteiger partial charge on any atom is -0.496 e. The van der Waals surface area contributed by atoms with E-state index < -0.39 is 0 Å². The van der Waals surface area contributed by atoms with E-state index in [9.17, 15) is 0 Å². The van der Waals surface area contributed by atoms with E-state index in [0.29, 0.717) is 35.8 Å². The number of likely N-dealkylation sites (tertiary alicyclic amines) is 1. The van der Waals surface area contributed by atoms with Crippen molar-refractivity contribution in [3.05, 3.63) is 23.8 Å². The summed E-state index contributed by atoms with van der Waals surface area (Å²) in [5.41, 5.74) is 2.07. The first-order valence-electron chi connectivity index (χ1n) is 12.9. The Morgan fingerprint density at radius 1 is 1.06 bits per heavy atom. The molecule has 2 atom stereocenters. The summed E-state index contributed by atoms with van der Waals surface area (Å²) in [6.45, 7) is 7.63. The summed E-state index contributed by atoms with van der Waals surface area (Å²) < 4.78 is 6.35. The highest BCUT2D eigenvalue weighted by atomic mass is 127. The largest absolute Gasteiger partial charge is 0.496 e. The Bertz CT molecular complexity index is 999. The minimum absolute atomic E-state index is 0.385. The lowest BCUT2D eigenvalue weighted by Crippen LogP contribution is -2.53. The predicted octanol–water partition coefficient (Wildman–Crippen LogP) is 4.31. The number of nitrogens with one attached hydrogen (secondary N) is 3. The third kappa shape index (κ3) is 5.91. The fourth-order valence-electron chi connectivity index (χ4n) is 5.70. The van der Waals surface area contributed by atoms with E-state index >= 15 is 0 Å². The van der Waals surface area contributed by atoms with Crippen LogP contribution < -0.4 is 20.7 Å². The van der Waals surface area contributed by atoms with Crippen LogP contribution in [0.3, 0.4) is 0 Å². The average molecular weight is 593 g/mol. The van der Waals surface area contributed by atoms with Crippen molar-refractivity contribution in [3.8, 4) is 5.75 Å². The van der Waals surface area contributed by atoms with Crippen LogP contribution in [0.25, 0.3) is 0 Å². The van der Waals surface area contributed by atoms with Crippen LogP contribution in [0, 0.1) is 5.92 Å². The van der Waals surface area contributed by atoms with Gasteiger partial charge in [-0.3, -0.25) is 4.90 Å². The maximum atomic E-state index is 5.48. The fraction of sp³-hybridized carbons (Fsp3) is 0.640. The first-order valence-corrected chi connectivity index (χ1v) is 14.4. The van der Waals surface area contributed by atoms with E-state index in [2.05, 4.69) is 61.3 Å². The molecule has 4 fully saturated rings. The summed E-state index contributed by atoms with van der Waals surface area (Å²) in [4.78, 5) is 19.3. The summed E-state index contributed by atoms with van der Waals surface area (Å²) in [7, 11) is 1.71. The Hall–Kier alpha value is -1.92. The number of halogens is 1. The average Bonchev–Trinajstić information content (AvgIpc) is 3.36. The van der Waals surface area contributed by atoms with Crippen molar-refractivity contribution in [1.29, 1.82) is 0 Å². The molecule has 0 saturated carbocycles. The lowest BCUT2D eigenvalue weighted by molar-refractivity contribution is 0.0972. The van der Waals surface area contributed by atoms with Gasteiger partial charge in [0.05, 0.1) is 13.8 Å². The van der Waals surface area contributed by atoms with Gasteiger partial charge in [0.1, 0.15) is 5.75 Å². The number of benzene rings is 1. The molecule has 4 aliphatic heterocycles. The molecule has 4 aliphatic rings. The van der Waals surface area contributed by atoms with Crippen molar-refractivity contribution in [2.75, 3.05) is 55.9 Å². The normalized spacial score (nSPS) is 26.0. The van der Waals surface area contributed by atoms with E-state index in [0.717, 1.165) is 41.2 Å². The van der Waals surface area contributed by atoms with Gasteiger partial charge in [-0.25, -0.2) is 0 Å². The van der Waals surface area contributed by atoms with Gasteiger partial charge < -0.3 is 25.6 Å². The van der Waals surface area contributed by atoms with E-state index in [4.69, 9.17) is 19.7 Å². The number of anilines is 4. The maximum absolute atomic E-state index is 5.48. The first-order chi connectivity index (χ1) is 17.1. The van der Waals surface area contributed by atoms with E-state index in [1.807, 2.05) is 12.1 Å². The molecule has 0 amide bonds. The molecule has 4 saturated heterocycles. The van der Waals surface area contributed by atoms with Gasteiger partial charge >= 0.3 is 0 Å². The molecule has 0 radical (unpaired) electrons. The molecule has 0 aliphatic carbocycles. The molecule has 10 heteroatoms. The molecule has 1 aromatic carbocycles. The van der Waals surface area contributed by atoms with Crippen LogP contribution in [0.5, 0.6) is 5.75 Å². The Morgan fingerprint density at radius 2 is 1.86 bits per heavy atom. The summed E-state index contributed by atoms with van der Waals surface area (Å²) in [5, 5.41) is 10.5.